The van der Waals surface area contributed by atoms with Gasteiger partial charge in [0.05, 0.1) is 11.7 Å². The molecule has 1 nitrogen and oxygen atoms in total. The Kier molecular flexibility index (Phi) is 3.16. The minimum Gasteiger partial charge on any atom is -0.367 e. The predicted octanol–water partition coefficient (Wildman–Crippen LogP) is 4.63. The summed E-state index contributed by atoms with van der Waals surface area (Å²) in [7, 11) is 0. The Balaban J connectivity index is 1.62. The molecule has 2 aromatic rings. The van der Waals surface area contributed by atoms with Crippen LogP contribution in [0.5, 0.6) is 0 Å². The summed E-state index contributed by atoms with van der Waals surface area (Å²) >= 11 is 0. The second kappa shape index (κ2) is 5.16. The molecule has 0 amide bonds. The van der Waals surface area contributed by atoms with Gasteiger partial charge in [-0.25, -0.2) is 0 Å². The predicted molar refractivity (Wildman–Crippen MR) is 86.0 cm³/mol. The van der Waals surface area contributed by atoms with Gasteiger partial charge in [-0.15, -0.1) is 0 Å². The summed E-state index contributed by atoms with van der Waals surface area (Å²) in [6.07, 6.45) is 7.02. The molecule has 21 heavy (non-hydrogen) atoms. The van der Waals surface area contributed by atoms with E-state index >= 15 is 0 Å². The third-order valence-electron chi connectivity index (χ3n) is 4.70. The summed E-state index contributed by atoms with van der Waals surface area (Å²) in [5.74, 6) is 0. The number of hydrogen-bond acceptors (Lipinski definition) is 1. The lowest BCUT2D eigenvalue weighted by atomic mass is 9.84. The largest absolute Gasteiger partial charge is 0.367 e. The zero-order valence-electron chi connectivity index (χ0n) is 12.2. The van der Waals surface area contributed by atoms with Gasteiger partial charge in [-0.3, -0.25) is 0 Å². The highest BCUT2D eigenvalue weighted by atomic mass is 16.5. The minimum atomic E-state index is 0.00590. The molecule has 2 aliphatic heterocycles. The van der Waals surface area contributed by atoms with E-state index in [0.29, 0.717) is 6.10 Å². The molecule has 0 aliphatic carbocycles. The Morgan fingerprint density at radius 3 is 2.43 bits per heavy atom. The van der Waals surface area contributed by atoms with Crippen molar-refractivity contribution in [3.8, 4) is 0 Å². The molecule has 0 saturated carbocycles. The maximum Gasteiger partial charge on any atom is 0.0772 e. The van der Waals surface area contributed by atoms with Crippen LogP contribution in [0.15, 0.2) is 66.7 Å². The van der Waals surface area contributed by atoms with E-state index in [1.165, 1.54) is 23.1 Å². The van der Waals surface area contributed by atoms with Gasteiger partial charge in [-0.2, -0.15) is 0 Å². The first-order valence-electron chi connectivity index (χ1n) is 7.81. The average Bonchev–Trinajstić information content (AvgIpc) is 2.83. The molecule has 2 atom stereocenters. The smallest absolute Gasteiger partial charge is 0.0772 e. The van der Waals surface area contributed by atoms with E-state index in [1.54, 1.807) is 0 Å². The van der Waals surface area contributed by atoms with Gasteiger partial charge in [0, 0.05) is 12.8 Å². The van der Waals surface area contributed by atoms with Crippen molar-refractivity contribution in [2.45, 2.75) is 37.4 Å². The Morgan fingerprint density at radius 2 is 1.67 bits per heavy atom. The summed E-state index contributed by atoms with van der Waals surface area (Å²) in [5.41, 5.74) is 4.20. The number of fused-ring (bicyclic) bond motifs is 2. The summed E-state index contributed by atoms with van der Waals surface area (Å²) in [6.45, 7) is 0. The molecular formula is C20H20O. The standard InChI is InChI=1S/C20H20O/c1-3-7-16(8-4-1)14-20-12-11-19(21-20)13-18(15-20)17-9-5-2-6-10-17/h1-10,13,19H,11-12,14-15H2/t19-,20-/m1/s1. The number of rotatable bonds is 3. The van der Waals surface area contributed by atoms with E-state index in [9.17, 15) is 0 Å². The van der Waals surface area contributed by atoms with Crippen LogP contribution in [0.4, 0.5) is 0 Å². The topological polar surface area (TPSA) is 9.23 Å². The SMILES string of the molecule is C1=C(c2ccccc2)C[C@]2(Cc3ccccc3)CC[C@H]1O2. The van der Waals surface area contributed by atoms with E-state index in [1.807, 2.05) is 0 Å². The Morgan fingerprint density at radius 1 is 0.952 bits per heavy atom. The third-order valence-corrected chi connectivity index (χ3v) is 4.70. The molecule has 2 heterocycles. The number of ether oxygens (including phenoxy) is 1. The molecular weight excluding hydrogens is 256 g/mol. The second-order valence-electron chi connectivity index (χ2n) is 6.28. The third kappa shape index (κ3) is 2.54. The lowest BCUT2D eigenvalue weighted by molar-refractivity contribution is -0.0260. The van der Waals surface area contributed by atoms with Crippen LogP contribution in [0, 0.1) is 0 Å². The number of benzene rings is 2. The number of hydrogen-bond donors (Lipinski definition) is 0. The van der Waals surface area contributed by atoms with Gasteiger partial charge in [0.2, 0.25) is 0 Å². The summed E-state index contributed by atoms with van der Waals surface area (Å²) in [4.78, 5) is 0. The Bertz CT molecular complexity index is 644. The molecule has 0 radical (unpaired) electrons. The van der Waals surface area contributed by atoms with Crippen LogP contribution in [0.3, 0.4) is 0 Å². The summed E-state index contributed by atoms with van der Waals surface area (Å²) in [6, 6.07) is 21.5. The van der Waals surface area contributed by atoms with Crippen molar-refractivity contribution in [3.05, 3.63) is 77.9 Å². The van der Waals surface area contributed by atoms with Crippen LogP contribution >= 0.6 is 0 Å². The van der Waals surface area contributed by atoms with Gasteiger partial charge in [-0.1, -0.05) is 66.7 Å². The molecule has 4 rings (SSSR count). The molecule has 0 N–H and O–H groups in total. The highest BCUT2D eigenvalue weighted by Gasteiger charge is 2.43. The molecule has 1 saturated heterocycles. The first kappa shape index (κ1) is 12.8. The molecule has 0 spiro atoms. The fraction of sp³-hybridized carbons (Fsp3) is 0.300. The molecule has 1 heteroatoms. The first-order valence-corrected chi connectivity index (χ1v) is 7.81. The lowest BCUT2D eigenvalue weighted by Gasteiger charge is -2.34. The van der Waals surface area contributed by atoms with Gasteiger partial charge >= 0.3 is 0 Å². The van der Waals surface area contributed by atoms with Crippen LogP contribution in [-0.2, 0) is 11.2 Å². The van der Waals surface area contributed by atoms with Gasteiger partial charge in [-0.05, 0) is 29.5 Å². The second-order valence-corrected chi connectivity index (χ2v) is 6.28. The van der Waals surface area contributed by atoms with E-state index in [0.717, 1.165) is 19.3 Å². The van der Waals surface area contributed by atoms with E-state index in [4.69, 9.17) is 4.74 Å². The van der Waals surface area contributed by atoms with Crippen LogP contribution in [0.2, 0.25) is 0 Å². The van der Waals surface area contributed by atoms with Crippen molar-refractivity contribution in [2.75, 3.05) is 0 Å². The van der Waals surface area contributed by atoms with Crippen molar-refractivity contribution in [1.82, 2.24) is 0 Å². The van der Waals surface area contributed by atoms with Crippen molar-refractivity contribution >= 4 is 5.57 Å². The van der Waals surface area contributed by atoms with Gasteiger partial charge in [0.1, 0.15) is 0 Å². The van der Waals surface area contributed by atoms with E-state index < -0.39 is 0 Å². The summed E-state index contributed by atoms with van der Waals surface area (Å²) < 4.78 is 6.36. The van der Waals surface area contributed by atoms with Crippen LogP contribution < -0.4 is 0 Å². The zero-order valence-corrected chi connectivity index (χ0v) is 12.2. The molecule has 2 bridgehead atoms. The molecule has 0 unspecified atom stereocenters. The normalized spacial score (nSPS) is 27.4. The van der Waals surface area contributed by atoms with Crippen molar-refractivity contribution in [2.24, 2.45) is 0 Å². The monoisotopic (exact) mass is 276 g/mol. The highest BCUT2D eigenvalue weighted by molar-refractivity contribution is 5.68. The average molecular weight is 276 g/mol. The van der Waals surface area contributed by atoms with Gasteiger partial charge in [0.25, 0.3) is 0 Å². The Hall–Kier alpha value is -1.86. The molecule has 106 valence electrons. The van der Waals surface area contributed by atoms with E-state index in [-0.39, 0.29) is 5.60 Å². The quantitative estimate of drug-likeness (QED) is 0.794. The molecule has 2 aliphatic rings. The maximum atomic E-state index is 6.36. The minimum absolute atomic E-state index is 0.00590. The zero-order chi connectivity index (χ0) is 14.1. The fourth-order valence-corrected chi connectivity index (χ4v) is 3.73. The van der Waals surface area contributed by atoms with Crippen molar-refractivity contribution < 1.29 is 4.74 Å². The first-order chi connectivity index (χ1) is 10.3. The van der Waals surface area contributed by atoms with Gasteiger partial charge < -0.3 is 4.74 Å². The maximum absolute atomic E-state index is 6.36. The van der Waals surface area contributed by atoms with Crippen molar-refractivity contribution in [3.63, 3.8) is 0 Å². The Labute approximate surface area is 126 Å². The molecule has 2 aromatic carbocycles. The summed E-state index contributed by atoms with van der Waals surface area (Å²) in [5, 5.41) is 0. The van der Waals surface area contributed by atoms with Crippen LogP contribution in [-0.4, -0.2) is 11.7 Å². The molecule has 0 aromatic heterocycles. The highest BCUT2D eigenvalue weighted by Crippen LogP contribution is 2.45. The lowest BCUT2D eigenvalue weighted by Crippen LogP contribution is -2.34. The van der Waals surface area contributed by atoms with Crippen LogP contribution in [0.1, 0.15) is 30.4 Å². The van der Waals surface area contributed by atoms with E-state index in [2.05, 4.69) is 66.7 Å². The fourth-order valence-electron chi connectivity index (χ4n) is 3.73. The van der Waals surface area contributed by atoms with Crippen molar-refractivity contribution in [1.29, 1.82) is 0 Å². The molecule has 1 fully saturated rings. The van der Waals surface area contributed by atoms with Gasteiger partial charge in [0.15, 0.2) is 0 Å². The van der Waals surface area contributed by atoms with Crippen LogP contribution in [0.25, 0.3) is 5.57 Å².